The molecular weight excluding hydrogens is 369 g/mol. The fraction of sp³-hybridized carbons (Fsp3) is 0.250. The van der Waals surface area contributed by atoms with Gasteiger partial charge in [0.1, 0.15) is 13.2 Å². The SMILES string of the molecule is Cc1nc(NC(=S)NCc2ccc3c(c2)OCCO3)c(Cl)cc1Cl. The van der Waals surface area contributed by atoms with Gasteiger partial charge >= 0.3 is 0 Å². The van der Waals surface area contributed by atoms with Crippen molar-refractivity contribution in [1.29, 1.82) is 0 Å². The van der Waals surface area contributed by atoms with E-state index in [9.17, 15) is 0 Å². The summed E-state index contributed by atoms with van der Waals surface area (Å²) in [7, 11) is 0. The zero-order valence-corrected chi connectivity index (χ0v) is 15.2. The van der Waals surface area contributed by atoms with Gasteiger partial charge in [-0.05, 0) is 42.9 Å². The van der Waals surface area contributed by atoms with Gasteiger partial charge in [-0.1, -0.05) is 29.3 Å². The van der Waals surface area contributed by atoms with Crippen molar-refractivity contribution in [2.45, 2.75) is 13.5 Å². The highest BCUT2D eigenvalue weighted by atomic mass is 35.5. The van der Waals surface area contributed by atoms with Crippen LogP contribution in [0.2, 0.25) is 10.0 Å². The van der Waals surface area contributed by atoms with Gasteiger partial charge in [0.15, 0.2) is 22.4 Å². The summed E-state index contributed by atoms with van der Waals surface area (Å²) in [6, 6.07) is 7.42. The summed E-state index contributed by atoms with van der Waals surface area (Å²) in [6.45, 7) is 3.47. The number of rotatable bonds is 3. The Bertz CT molecular complexity index is 786. The molecule has 0 saturated heterocycles. The molecule has 1 aromatic heterocycles. The first-order valence-electron chi connectivity index (χ1n) is 7.29. The first-order valence-corrected chi connectivity index (χ1v) is 8.45. The number of anilines is 1. The average molecular weight is 384 g/mol. The van der Waals surface area contributed by atoms with Crippen LogP contribution in [0.25, 0.3) is 0 Å². The van der Waals surface area contributed by atoms with Crippen LogP contribution < -0.4 is 20.1 Å². The first-order chi connectivity index (χ1) is 11.5. The van der Waals surface area contributed by atoms with E-state index in [0.717, 1.165) is 17.1 Å². The van der Waals surface area contributed by atoms with Crippen LogP contribution >= 0.6 is 35.4 Å². The number of nitrogens with one attached hydrogen (secondary N) is 2. The number of halogens is 2. The van der Waals surface area contributed by atoms with E-state index in [1.165, 1.54) is 0 Å². The Morgan fingerprint density at radius 2 is 1.92 bits per heavy atom. The molecule has 0 spiro atoms. The van der Waals surface area contributed by atoms with Gasteiger partial charge in [-0.15, -0.1) is 0 Å². The number of fused-ring (bicyclic) bond motifs is 1. The van der Waals surface area contributed by atoms with E-state index in [0.29, 0.717) is 46.4 Å². The molecule has 0 fully saturated rings. The van der Waals surface area contributed by atoms with Gasteiger partial charge in [0.05, 0.1) is 15.7 Å². The number of ether oxygens (including phenoxy) is 2. The summed E-state index contributed by atoms with van der Waals surface area (Å²) in [5.41, 5.74) is 1.70. The van der Waals surface area contributed by atoms with Crippen LogP contribution in [0.3, 0.4) is 0 Å². The van der Waals surface area contributed by atoms with Crippen LogP contribution in [0.5, 0.6) is 11.5 Å². The Morgan fingerprint density at radius 1 is 1.17 bits per heavy atom. The van der Waals surface area contributed by atoms with Gasteiger partial charge in [0, 0.05) is 6.54 Å². The standard InChI is InChI=1S/C16H15Cl2N3O2S/c1-9-11(17)7-12(18)15(20-9)21-16(24)19-8-10-2-3-13-14(6-10)23-5-4-22-13/h2-3,6-7H,4-5,8H2,1H3,(H2,19,20,21,24). The molecule has 0 radical (unpaired) electrons. The quantitative estimate of drug-likeness (QED) is 0.782. The van der Waals surface area contributed by atoms with E-state index in [1.807, 2.05) is 18.2 Å². The molecule has 126 valence electrons. The molecule has 0 unspecified atom stereocenters. The maximum atomic E-state index is 6.11. The Labute approximate surface area is 155 Å². The van der Waals surface area contributed by atoms with Crippen LogP contribution in [-0.4, -0.2) is 23.3 Å². The molecule has 1 aromatic carbocycles. The van der Waals surface area contributed by atoms with Crippen molar-refractivity contribution in [3.05, 3.63) is 45.6 Å². The van der Waals surface area contributed by atoms with Crippen LogP contribution in [-0.2, 0) is 6.54 Å². The highest BCUT2D eigenvalue weighted by molar-refractivity contribution is 7.80. The summed E-state index contributed by atoms with van der Waals surface area (Å²) in [5.74, 6) is 1.98. The predicted octanol–water partition coefficient (Wildman–Crippen LogP) is 3.95. The van der Waals surface area contributed by atoms with Crippen molar-refractivity contribution in [2.24, 2.45) is 0 Å². The highest BCUT2D eigenvalue weighted by Gasteiger charge is 2.12. The Balaban J connectivity index is 1.61. The number of hydrogen-bond donors (Lipinski definition) is 2. The first kappa shape index (κ1) is 17.1. The molecule has 0 saturated carbocycles. The molecule has 2 heterocycles. The maximum Gasteiger partial charge on any atom is 0.172 e. The van der Waals surface area contributed by atoms with E-state index in [2.05, 4.69) is 15.6 Å². The molecule has 0 amide bonds. The predicted molar refractivity (Wildman–Crippen MR) is 99.5 cm³/mol. The minimum atomic E-state index is 0.411. The fourth-order valence-electron chi connectivity index (χ4n) is 2.18. The highest BCUT2D eigenvalue weighted by Crippen LogP contribution is 2.30. The number of pyridine rings is 1. The number of hydrogen-bond acceptors (Lipinski definition) is 4. The second kappa shape index (κ2) is 7.42. The van der Waals surface area contributed by atoms with Crippen molar-refractivity contribution in [2.75, 3.05) is 18.5 Å². The number of benzene rings is 1. The van der Waals surface area contributed by atoms with Crippen LogP contribution in [0, 0.1) is 6.92 Å². The van der Waals surface area contributed by atoms with Gasteiger partial charge in [0.2, 0.25) is 0 Å². The molecular formula is C16H15Cl2N3O2S. The summed E-state index contributed by atoms with van der Waals surface area (Å²) in [5, 5.41) is 7.42. The third kappa shape index (κ3) is 4.01. The lowest BCUT2D eigenvalue weighted by molar-refractivity contribution is 0.171. The van der Waals surface area contributed by atoms with Crippen LogP contribution in [0.4, 0.5) is 5.82 Å². The Kier molecular flexibility index (Phi) is 5.28. The number of thiocarbonyl (C=S) groups is 1. The van der Waals surface area contributed by atoms with Crippen molar-refractivity contribution < 1.29 is 9.47 Å². The summed E-state index contributed by atoms with van der Waals surface area (Å²) < 4.78 is 11.1. The molecule has 1 aliphatic heterocycles. The molecule has 1 aliphatic rings. The minimum Gasteiger partial charge on any atom is -0.486 e. The maximum absolute atomic E-state index is 6.11. The molecule has 3 rings (SSSR count). The molecule has 0 aliphatic carbocycles. The van der Waals surface area contributed by atoms with Crippen LogP contribution in [0.1, 0.15) is 11.3 Å². The van der Waals surface area contributed by atoms with Crippen molar-refractivity contribution in [1.82, 2.24) is 10.3 Å². The number of nitrogens with zero attached hydrogens (tertiary/aromatic N) is 1. The van der Waals surface area contributed by atoms with Crippen molar-refractivity contribution in [3.8, 4) is 11.5 Å². The monoisotopic (exact) mass is 383 g/mol. The van der Waals surface area contributed by atoms with Gasteiger partial charge in [-0.3, -0.25) is 0 Å². The third-order valence-corrected chi connectivity index (χ3v) is 4.31. The molecule has 8 heteroatoms. The topological polar surface area (TPSA) is 55.4 Å². The van der Waals surface area contributed by atoms with E-state index in [1.54, 1.807) is 13.0 Å². The smallest absolute Gasteiger partial charge is 0.172 e. The second-order valence-corrected chi connectivity index (χ2v) is 6.39. The minimum absolute atomic E-state index is 0.411. The second-order valence-electron chi connectivity index (χ2n) is 5.17. The molecule has 2 N–H and O–H groups in total. The summed E-state index contributed by atoms with van der Waals surface area (Å²) in [4.78, 5) is 4.29. The van der Waals surface area contributed by atoms with Crippen molar-refractivity contribution in [3.63, 3.8) is 0 Å². The van der Waals surface area contributed by atoms with Gasteiger partial charge in [0.25, 0.3) is 0 Å². The summed E-state index contributed by atoms with van der Waals surface area (Å²) in [6.07, 6.45) is 0. The van der Waals surface area contributed by atoms with E-state index in [-0.39, 0.29) is 0 Å². The Morgan fingerprint density at radius 3 is 2.71 bits per heavy atom. The van der Waals surface area contributed by atoms with Gasteiger partial charge in [-0.2, -0.15) is 0 Å². The lowest BCUT2D eigenvalue weighted by Crippen LogP contribution is -2.28. The van der Waals surface area contributed by atoms with Crippen molar-refractivity contribution >= 4 is 46.4 Å². The fourth-order valence-corrected chi connectivity index (χ4v) is 2.75. The Hall–Kier alpha value is -1.76. The van der Waals surface area contributed by atoms with E-state index >= 15 is 0 Å². The molecule has 24 heavy (non-hydrogen) atoms. The molecule has 2 aromatic rings. The zero-order valence-electron chi connectivity index (χ0n) is 12.9. The number of aryl methyl sites for hydroxylation is 1. The zero-order chi connectivity index (χ0) is 17.1. The normalized spacial score (nSPS) is 12.6. The van der Waals surface area contributed by atoms with Gasteiger partial charge in [-0.25, -0.2) is 4.98 Å². The average Bonchev–Trinajstić information content (AvgIpc) is 2.57. The van der Waals surface area contributed by atoms with E-state index < -0.39 is 0 Å². The lowest BCUT2D eigenvalue weighted by atomic mass is 10.2. The van der Waals surface area contributed by atoms with E-state index in [4.69, 9.17) is 44.9 Å². The summed E-state index contributed by atoms with van der Waals surface area (Å²) >= 11 is 17.4. The molecule has 0 atom stereocenters. The number of aromatic nitrogens is 1. The van der Waals surface area contributed by atoms with Gasteiger partial charge < -0.3 is 20.1 Å². The molecule has 5 nitrogen and oxygen atoms in total. The lowest BCUT2D eigenvalue weighted by Gasteiger charge is -2.19. The third-order valence-electron chi connectivity index (χ3n) is 3.40. The largest absolute Gasteiger partial charge is 0.486 e. The van der Waals surface area contributed by atoms with Crippen LogP contribution in [0.15, 0.2) is 24.3 Å². The molecule has 0 bridgehead atoms.